The van der Waals surface area contributed by atoms with Crippen LogP contribution < -0.4 is 5.32 Å². The van der Waals surface area contributed by atoms with Crippen molar-refractivity contribution in [1.82, 2.24) is 9.88 Å². The molecule has 4 rings (SSSR count). The second kappa shape index (κ2) is 6.91. The summed E-state index contributed by atoms with van der Waals surface area (Å²) in [4.78, 5) is 13.2. The van der Waals surface area contributed by atoms with E-state index < -0.39 is 11.6 Å². The molecule has 2 aromatic carbocycles. The Hall–Kier alpha value is -2.50. The van der Waals surface area contributed by atoms with Crippen molar-refractivity contribution in [3.8, 4) is 11.3 Å². The molecule has 0 radical (unpaired) electrons. The number of rotatable bonds is 3. The summed E-state index contributed by atoms with van der Waals surface area (Å²) in [6, 6.07) is 10.1. The number of fused-ring (bicyclic) bond motifs is 1. The molecular formula is C21H17ClF2N2O. The molecule has 0 saturated carbocycles. The number of aromatic nitrogens is 1. The number of benzene rings is 2. The molecule has 6 heteroatoms. The second-order valence-electron chi connectivity index (χ2n) is 6.60. The highest BCUT2D eigenvalue weighted by atomic mass is 35.5. The number of carbonyl (C=O) groups excluding carboxylic acids is 1. The van der Waals surface area contributed by atoms with E-state index in [-0.39, 0.29) is 17.5 Å². The summed E-state index contributed by atoms with van der Waals surface area (Å²) >= 11 is 6.02. The summed E-state index contributed by atoms with van der Waals surface area (Å²) in [5.41, 5.74) is 2.97. The van der Waals surface area contributed by atoms with Crippen LogP contribution in [0.5, 0.6) is 0 Å². The van der Waals surface area contributed by atoms with Crippen molar-refractivity contribution in [2.24, 2.45) is 0 Å². The van der Waals surface area contributed by atoms with Crippen LogP contribution in [-0.2, 0) is 6.42 Å². The molecule has 3 aromatic rings. The van der Waals surface area contributed by atoms with Gasteiger partial charge in [0.1, 0.15) is 11.6 Å². The molecule has 1 atom stereocenters. The van der Waals surface area contributed by atoms with Gasteiger partial charge in [-0.25, -0.2) is 8.78 Å². The SMILES string of the molecule is CNC1CCc2c1cn(C(=O)c1cccc(Cl)c1)c2-c1ccc(F)cc1F. The summed E-state index contributed by atoms with van der Waals surface area (Å²) in [5.74, 6) is -1.65. The number of halogens is 3. The summed E-state index contributed by atoms with van der Waals surface area (Å²) < 4.78 is 29.4. The third-order valence-electron chi connectivity index (χ3n) is 5.03. The Morgan fingerprint density at radius 3 is 2.74 bits per heavy atom. The fourth-order valence-corrected chi connectivity index (χ4v) is 3.96. The highest BCUT2D eigenvalue weighted by Gasteiger charge is 2.31. The third-order valence-corrected chi connectivity index (χ3v) is 5.26. The minimum absolute atomic E-state index is 0.0932. The molecule has 0 fully saturated rings. The first-order valence-corrected chi connectivity index (χ1v) is 9.04. The molecule has 0 amide bonds. The van der Waals surface area contributed by atoms with E-state index in [1.54, 1.807) is 30.5 Å². The largest absolute Gasteiger partial charge is 0.313 e. The highest BCUT2D eigenvalue weighted by Crippen LogP contribution is 2.40. The van der Waals surface area contributed by atoms with Crippen LogP contribution >= 0.6 is 11.6 Å². The molecule has 27 heavy (non-hydrogen) atoms. The van der Waals surface area contributed by atoms with E-state index in [1.807, 2.05) is 7.05 Å². The van der Waals surface area contributed by atoms with E-state index in [0.717, 1.165) is 23.6 Å². The molecule has 3 nitrogen and oxygen atoms in total. The molecule has 0 aliphatic heterocycles. The predicted molar refractivity (Wildman–Crippen MR) is 101 cm³/mol. The first-order chi connectivity index (χ1) is 13.0. The Morgan fingerprint density at radius 1 is 1.22 bits per heavy atom. The Kier molecular flexibility index (Phi) is 4.58. The lowest BCUT2D eigenvalue weighted by Crippen LogP contribution is -2.15. The van der Waals surface area contributed by atoms with E-state index in [0.29, 0.717) is 22.7 Å². The zero-order valence-electron chi connectivity index (χ0n) is 14.6. The van der Waals surface area contributed by atoms with Crippen molar-refractivity contribution in [1.29, 1.82) is 0 Å². The van der Waals surface area contributed by atoms with Gasteiger partial charge in [0.15, 0.2) is 0 Å². The van der Waals surface area contributed by atoms with Gasteiger partial charge in [-0.2, -0.15) is 0 Å². The monoisotopic (exact) mass is 386 g/mol. The molecule has 0 saturated heterocycles. The molecule has 138 valence electrons. The maximum atomic E-state index is 14.6. The van der Waals surface area contributed by atoms with E-state index in [9.17, 15) is 13.6 Å². The summed E-state index contributed by atoms with van der Waals surface area (Å²) in [5, 5.41) is 3.67. The van der Waals surface area contributed by atoms with Crippen LogP contribution in [0.15, 0.2) is 48.7 Å². The Morgan fingerprint density at radius 2 is 2.04 bits per heavy atom. The molecule has 1 aliphatic rings. The van der Waals surface area contributed by atoms with Crippen molar-refractivity contribution < 1.29 is 13.6 Å². The Balaban J connectivity index is 1.93. The molecule has 1 N–H and O–H groups in total. The minimum atomic E-state index is -0.691. The molecule has 1 aromatic heterocycles. The van der Waals surface area contributed by atoms with Gasteiger partial charge in [-0.1, -0.05) is 17.7 Å². The third kappa shape index (κ3) is 3.07. The van der Waals surface area contributed by atoms with Gasteiger partial charge in [-0.05, 0) is 61.3 Å². The van der Waals surface area contributed by atoms with Crippen LogP contribution in [0.4, 0.5) is 8.78 Å². The van der Waals surface area contributed by atoms with E-state index in [1.165, 1.54) is 16.7 Å². The molecular weight excluding hydrogens is 370 g/mol. The predicted octanol–water partition coefficient (Wildman–Crippen LogP) is 4.98. The van der Waals surface area contributed by atoms with E-state index in [2.05, 4.69) is 5.32 Å². The number of hydrogen-bond donors (Lipinski definition) is 1. The number of nitrogens with one attached hydrogen (secondary N) is 1. The number of carbonyl (C=O) groups is 1. The lowest BCUT2D eigenvalue weighted by atomic mass is 10.0. The van der Waals surface area contributed by atoms with Crippen molar-refractivity contribution >= 4 is 17.5 Å². The second-order valence-corrected chi connectivity index (χ2v) is 7.04. The van der Waals surface area contributed by atoms with Crippen molar-refractivity contribution in [3.63, 3.8) is 0 Å². The van der Waals surface area contributed by atoms with Gasteiger partial charge in [-0.3, -0.25) is 9.36 Å². The summed E-state index contributed by atoms with van der Waals surface area (Å²) in [6.45, 7) is 0. The van der Waals surface area contributed by atoms with Crippen molar-refractivity contribution in [2.45, 2.75) is 18.9 Å². The van der Waals surface area contributed by atoms with Gasteiger partial charge >= 0.3 is 0 Å². The van der Waals surface area contributed by atoms with E-state index >= 15 is 0 Å². The molecule has 1 heterocycles. The van der Waals surface area contributed by atoms with Crippen LogP contribution in [0.2, 0.25) is 5.02 Å². The van der Waals surface area contributed by atoms with Gasteiger partial charge in [0.25, 0.3) is 5.91 Å². The zero-order chi connectivity index (χ0) is 19.1. The topological polar surface area (TPSA) is 34.0 Å². The van der Waals surface area contributed by atoms with Gasteiger partial charge in [0.05, 0.1) is 5.69 Å². The van der Waals surface area contributed by atoms with Crippen molar-refractivity contribution in [3.05, 3.63) is 82.0 Å². The first kappa shape index (κ1) is 17.9. The van der Waals surface area contributed by atoms with Gasteiger partial charge in [0.2, 0.25) is 0 Å². The van der Waals surface area contributed by atoms with Crippen molar-refractivity contribution in [2.75, 3.05) is 7.05 Å². The summed E-state index contributed by atoms with van der Waals surface area (Å²) in [6.07, 6.45) is 3.33. The van der Waals surface area contributed by atoms with Crippen LogP contribution in [0.3, 0.4) is 0 Å². The summed E-state index contributed by atoms with van der Waals surface area (Å²) in [7, 11) is 1.86. The Labute approximate surface area is 160 Å². The van der Waals surface area contributed by atoms with Gasteiger partial charge in [-0.15, -0.1) is 0 Å². The fourth-order valence-electron chi connectivity index (χ4n) is 3.77. The smallest absolute Gasteiger partial charge is 0.262 e. The maximum Gasteiger partial charge on any atom is 0.262 e. The maximum absolute atomic E-state index is 14.6. The lowest BCUT2D eigenvalue weighted by molar-refractivity contribution is 0.0961. The van der Waals surface area contributed by atoms with Gasteiger partial charge < -0.3 is 5.32 Å². The fraction of sp³-hybridized carbons (Fsp3) is 0.190. The zero-order valence-corrected chi connectivity index (χ0v) is 15.4. The molecule has 0 bridgehead atoms. The lowest BCUT2D eigenvalue weighted by Gasteiger charge is -2.12. The average Bonchev–Trinajstić information content (AvgIpc) is 3.20. The number of hydrogen-bond acceptors (Lipinski definition) is 2. The van der Waals surface area contributed by atoms with Crippen LogP contribution in [0.1, 0.15) is 33.9 Å². The van der Waals surface area contributed by atoms with E-state index in [4.69, 9.17) is 11.6 Å². The molecule has 1 unspecified atom stereocenters. The Bertz CT molecular complexity index is 1040. The van der Waals surface area contributed by atoms with Gasteiger partial charge in [0, 0.05) is 34.5 Å². The standard InChI is InChI=1S/C21H17ClF2N2O/c1-25-19-8-7-15-17(19)11-26(21(27)12-3-2-4-13(22)9-12)20(15)16-6-5-14(23)10-18(16)24/h2-6,9-11,19,25H,7-8H2,1H3. The number of nitrogens with zero attached hydrogens (tertiary/aromatic N) is 1. The van der Waals surface area contributed by atoms with Crippen LogP contribution in [0.25, 0.3) is 11.3 Å². The quantitative estimate of drug-likeness (QED) is 0.688. The minimum Gasteiger partial charge on any atom is -0.313 e. The normalized spacial score (nSPS) is 15.8. The first-order valence-electron chi connectivity index (χ1n) is 8.66. The highest BCUT2D eigenvalue weighted by molar-refractivity contribution is 6.31. The average molecular weight is 387 g/mol. The molecule has 1 aliphatic carbocycles. The molecule has 0 spiro atoms. The van der Waals surface area contributed by atoms with Crippen LogP contribution in [0, 0.1) is 11.6 Å². The van der Waals surface area contributed by atoms with Crippen LogP contribution in [-0.4, -0.2) is 17.5 Å².